The van der Waals surface area contributed by atoms with Crippen LogP contribution in [0.5, 0.6) is 0 Å². The van der Waals surface area contributed by atoms with Crippen LogP contribution in [0.1, 0.15) is 70.7 Å². The second kappa shape index (κ2) is 15.2. The van der Waals surface area contributed by atoms with E-state index in [1.54, 1.807) is 0 Å². The number of alkyl halides is 1. The van der Waals surface area contributed by atoms with Crippen LogP contribution in [0.25, 0.3) is 22.3 Å². The van der Waals surface area contributed by atoms with E-state index in [2.05, 4.69) is 61.3 Å². The summed E-state index contributed by atoms with van der Waals surface area (Å²) in [7, 11) is 0. The molecule has 11 atom stereocenters. The van der Waals surface area contributed by atoms with E-state index in [-0.39, 0.29) is 40.5 Å². The second-order valence-corrected chi connectivity index (χ2v) is 19.7. The minimum absolute atomic E-state index is 0.0376. The van der Waals surface area contributed by atoms with Crippen molar-refractivity contribution in [3.05, 3.63) is 29.3 Å². The van der Waals surface area contributed by atoms with Crippen LogP contribution in [0.3, 0.4) is 0 Å². The Morgan fingerprint density at radius 1 is 0.911 bits per heavy atom. The van der Waals surface area contributed by atoms with Gasteiger partial charge in [0.05, 0.1) is 25.7 Å². The van der Waals surface area contributed by atoms with E-state index in [1.165, 1.54) is 28.1 Å². The summed E-state index contributed by atoms with van der Waals surface area (Å²) < 4.78 is 90.3. The van der Waals surface area contributed by atoms with Gasteiger partial charge in [0, 0.05) is 0 Å². The van der Waals surface area contributed by atoms with Crippen molar-refractivity contribution < 1.29 is 50.6 Å². The van der Waals surface area contributed by atoms with E-state index in [0.29, 0.717) is 12.8 Å². The Kier molecular flexibility index (Phi) is 10.8. The molecule has 0 aromatic carbocycles. The summed E-state index contributed by atoms with van der Waals surface area (Å²) in [5.41, 5.74) is 9.51. The van der Waals surface area contributed by atoms with E-state index >= 15 is 4.39 Å². The maximum absolute atomic E-state index is 16.7. The first kappa shape index (κ1) is 39.6. The Labute approximate surface area is 327 Å². The van der Waals surface area contributed by atoms with Crippen LogP contribution in [0.2, 0.25) is 0 Å². The standard InChI is InChI=1S/C30H39FN10O11P2S2/c1-2-3-4-5-6-7-8-30-9-15(42)48-20-21(28(49-22(20)30)41-13-37-18-25(41)38-29(33)39-26(18)43)51-53(44,55)46-10-14-19(50-54(45,56)52-30)16(31)27(47-14)40-12-36-17-23(32)34-11-35-24(17)40/h11-14,16,19-22,27-28H,2-10H2,1H3,(H,44,55)(H,45,56)(H2,32,34,35)(H3,33,38,39,43)/t14-,16-,19-,20+,21-,22+,27-,28-,30?,53-,54+/m1/s1. The van der Waals surface area contributed by atoms with Crippen LogP contribution in [0.4, 0.5) is 16.2 Å². The van der Waals surface area contributed by atoms with Crippen molar-refractivity contribution >= 4 is 78.2 Å². The second-order valence-electron chi connectivity index (χ2n) is 14.0. The number of thiol groups is 2. The topological polar surface area (TPSA) is 275 Å². The number of H-pyrrole nitrogens is 1. The fourth-order valence-electron chi connectivity index (χ4n) is 7.75. The first-order valence-electron chi connectivity index (χ1n) is 17.9. The number of hydrogen-bond donors (Lipinski definition) is 5. The smallest absolute Gasteiger partial charge is 0.387 e. The van der Waals surface area contributed by atoms with Crippen LogP contribution >= 0.6 is 38.1 Å². The summed E-state index contributed by atoms with van der Waals surface area (Å²) in [6.07, 6.45) is -4.05. The molecular weight excluding hydrogens is 821 g/mol. The highest BCUT2D eigenvalue weighted by atomic mass is 32.7. The monoisotopic (exact) mass is 860 g/mol. The summed E-state index contributed by atoms with van der Waals surface area (Å²) in [5, 5.41) is 0. The lowest BCUT2D eigenvalue weighted by Crippen LogP contribution is -2.57. The van der Waals surface area contributed by atoms with Gasteiger partial charge in [-0.25, -0.2) is 33.5 Å². The quantitative estimate of drug-likeness (QED) is 0.0689. The summed E-state index contributed by atoms with van der Waals surface area (Å²) >= 11 is 8.57. The van der Waals surface area contributed by atoms with Gasteiger partial charge in [-0.15, -0.1) is 0 Å². The maximum atomic E-state index is 16.7. The number of anilines is 2. The third-order valence-electron chi connectivity index (χ3n) is 10.2. The molecule has 8 rings (SSSR count). The molecule has 1 unspecified atom stereocenters. The number of hydrogen-bond acceptors (Lipinski definition) is 18. The van der Waals surface area contributed by atoms with Crippen molar-refractivity contribution in [2.24, 2.45) is 0 Å². The molecule has 4 aromatic heterocycles. The fourth-order valence-corrected chi connectivity index (χ4v) is 11.3. The zero-order valence-corrected chi connectivity index (χ0v) is 33.2. The predicted molar refractivity (Wildman–Crippen MR) is 200 cm³/mol. The van der Waals surface area contributed by atoms with Crippen molar-refractivity contribution in [3.63, 3.8) is 0 Å². The highest BCUT2D eigenvalue weighted by molar-refractivity contribution is 8.44. The van der Waals surface area contributed by atoms with Gasteiger partial charge < -0.3 is 25.7 Å². The normalized spacial score (nSPS) is 36.2. The molecule has 0 saturated carbocycles. The molecule has 56 heavy (non-hydrogen) atoms. The number of esters is 1. The zero-order chi connectivity index (χ0) is 39.6. The van der Waals surface area contributed by atoms with Crippen LogP contribution in [-0.2, 0) is 46.2 Å². The van der Waals surface area contributed by atoms with Crippen molar-refractivity contribution in [1.29, 1.82) is 0 Å². The number of nitrogens with one attached hydrogen (secondary N) is 1. The van der Waals surface area contributed by atoms with E-state index in [0.717, 1.165) is 25.7 Å². The molecule has 26 heteroatoms. The minimum Gasteiger partial charge on any atom is -0.456 e. The minimum atomic E-state index is -4.70. The van der Waals surface area contributed by atoms with Gasteiger partial charge in [-0.2, -0.15) is 4.98 Å². The molecule has 21 nitrogen and oxygen atoms in total. The Hall–Kier alpha value is -3.18. The SMILES string of the molecule is CCCCCCCCC12CC(=O)O[C@H]3[C@@H](O[P@](=O)(S)OC[C@H]4O[C@@H](n5cnc6c(N)ncnc65)[C@H](F)[C@@H]4O[P@](=O)(S)O1)[C@H](n1cnc4c(=O)[nH]c(N)nc41)O[C@@H]32. The van der Waals surface area contributed by atoms with Crippen LogP contribution in [0, 0.1) is 0 Å². The lowest BCUT2D eigenvalue weighted by Gasteiger charge is -2.44. The molecule has 5 N–H and O–H groups in total. The Balaban J connectivity index is 1.20. The highest BCUT2D eigenvalue weighted by Gasteiger charge is 2.65. The van der Waals surface area contributed by atoms with Gasteiger partial charge in [-0.3, -0.25) is 41.8 Å². The number of fused-ring (bicyclic) bond motifs is 3. The van der Waals surface area contributed by atoms with Gasteiger partial charge >= 0.3 is 19.6 Å². The molecule has 4 bridgehead atoms. The number of halogens is 1. The van der Waals surface area contributed by atoms with Gasteiger partial charge in [-0.05, 0) is 6.42 Å². The number of rotatable bonds is 9. The molecule has 4 fully saturated rings. The molecule has 4 saturated heterocycles. The first-order valence-corrected chi connectivity index (χ1v) is 23.3. The van der Waals surface area contributed by atoms with E-state index in [9.17, 15) is 18.7 Å². The van der Waals surface area contributed by atoms with E-state index in [4.69, 9.17) is 43.8 Å². The number of aromatic nitrogens is 8. The van der Waals surface area contributed by atoms with Crippen molar-refractivity contribution in [2.75, 3.05) is 18.1 Å². The van der Waals surface area contributed by atoms with Gasteiger partial charge in [0.25, 0.3) is 5.56 Å². The molecular formula is C30H39FN10O11P2S2. The Morgan fingerprint density at radius 2 is 1.62 bits per heavy atom. The van der Waals surface area contributed by atoms with Crippen molar-refractivity contribution in [2.45, 2.75) is 113 Å². The molecule has 4 aromatic rings. The molecule has 0 radical (unpaired) electrons. The van der Waals surface area contributed by atoms with E-state index in [1.807, 2.05) is 0 Å². The van der Waals surface area contributed by atoms with Gasteiger partial charge in [0.15, 0.2) is 53.5 Å². The molecule has 304 valence electrons. The Bertz CT molecular complexity index is 2300. The fraction of sp³-hybridized carbons (Fsp3) is 0.633. The number of nitrogens with zero attached hydrogens (tertiary/aromatic N) is 7. The lowest BCUT2D eigenvalue weighted by atomic mass is 9.82. The van der Waals surface area contributed by atoms with E-state index < -0.39 is 92.9 Å². The lowest BCUT2D eigenvalue weighted by molar-refractivity contribution is -0.196. The zero-order valence-electron chi connectivity index (χ0n) is 29.7. The Morgan fingerprint density at radius 3 is 2.41 bits per heavy atom. The van der Waals surface area contributed by atoms with Gasteiger partial charge in [-0.1, -0.05) is 69.9 Å². The largest absolute Gasteiger partial charge is 0.456 e. The van der Waals surface area contributed by atoms with Gasteiger partial charge in [0.1, 0.15) is 35.8 Å². The van der Waals surface area contributed by atoms with Crippen molar-refractivity contribution in [1.82, 2.24) is 39.0 Å². The number of imidazole rings is 2. The maximum Gasteiger partial charge on any atom is 0.387 e. The number of aromatic amines is 1. The number of carbonyl (C=O) groups excluding carboxylic acids is 1. The number of carbonyl (C=O) groups is 1. The summed E-state index contributed by atoms with van der Waals surface area (Å²) in [4.78, 5) is 49.3. The average molecular weight is 861 g/mol. The molecule has 8 heterocycles. The molecule has 4 aliphatic heterocycles. The summed E-state index contributed by atoms with van der Waals surface area (Å²) in [6.45, 7) is -7.83. The molecule has 0 spiro atoms. The summed E-state index contributed by atoms with van der Waals surface area (Å²) in [6, 6.07) is 0. The summed E-state index contributed by atoms with van der Waals surface area (Å²) in [5.74, 6) is -1.00. The number of unbranched alkanes of at least 4 members (excludes halogenated alkanes) is 5. The third kappa shape index (κ3) is 7.37. The predicted octanol–water partition coefficient (Wildman–Crippen LogP) is 3.95. The molecule has 0 aliphatic carbocycles. The molecule has 4 aliphatic rings. The van der Waals surface area contributed by atoms with Gasteiger partial charge in [0.2, 0.25) is 5.95 Å². The number of nitrogens with two attached hydrogens (primary N) is 2. The van der Waals surface area contributed by atoms with Crippen LogP contribution in [-0.4, -0.2) is 93.9 Å². The number of ether oxygens (including phenoxy) is 3. The highest BCUT2D eigenvalue weighted by Crippen LogP contribution is 2.65. The van der Waals surface area contributed by atoms with Crippen molar-refractivity contribution in [3.8, 4) is 0 Å². The molecule has 0 amide bonds. The third-order valence-corrected chi connectivity index (χ3v) is 13.5. The average Bonchev–Trinajstić information content (AvgIpc) is 3.90. The first-order chi connectivity index (χ1) is 26.7. The van der Waals surface area contributed by atoms with Crippen LogP contribution < -0.4 is 17.0 Å². The van der Waals surface area contributed by atoms with Crippen LogP contribution in [0.15, 0.2) is 23.8 Å². The number of nitrogen functional groups attached to an aromatic ring is 2.